The molecule has 3 amide bonds. The Balaban J connectivity index is 1.25. The summed E-state index contributed by atoms with van der Waals surface area (Å²) in [5.41, 5.74) is 3.07. The van der Waals surface area contributed by atoms with Crippen molar-refractivity contribution in [2.45, 2.75) is 32.7 Å². The van der Waals surface area contributed by atoms with E-state index in [1.165, 1.54) is 0 Å². The first kappa shape index (κ1) is 28.2. The van der Waals surface area contributed by atoms with E-state index in [9.17, 15) is 19.2 Å². The molecule has 1 atom stereocenters. The predicted molar refractivity (Wildman–Crippen MR) is 151 cm³/mol. The molecule has 2 aromatic carbocycles. The van der Waals surface area contributed by atoms with Crippen LogP contribution < -0.4 is 16.0 Å². The number of pyridine rings is 1. The molecule has 9 nitrogen and oxygen atoms in total. The van der Waals surface area contributed by atoms with E-state index in [4.69, 9.17) is 4.42 Å². The number of hydrogen-bond donors (Lipinski definition) is 3. The van der Waals surface area contributed by atoms with Gasteiger partial charge in [0, 0.05) is 17.1 Å². The molecule has 0 unspecified atom stereocenters. The standard InChI is InChI=1S/C31H32N4O5/c1-20(2)14-26(35-31(39)28-17-23-9-3-4-12-27(23)40-28)30(38)34-19-24(36)18-33-29(37)16-21-8-7-10-22(15-21)25-11-5-6-13-32-25/h3-13,15,17,20,26H,14,16,18-19H2,1-2H3,(H,33,37)(H,34,38)(H,35,39)/t26-/m0/s1. The van der Waals surface area contributed by atoms with Crippen LogP contribution in [0.2, 0.25) is 0 Å². The summed E-state index contributed by atoms with van der Waals surface area (Å²) in [5.74, 6) is -1.46. The van der Waals surface area contributed by atoms with Gasteiger partial charge in [0.15, 0.2) is 11.5 Å². The lowest BCUT2D eigenvalue weighted by atomic mass is 10.0. The highest BCUT2D eigenvalue weighted by Gasteiger charge is 2.24. The Hall–Kier alpha value is -4.79. The van der Waals surface area contributed by atoms with Crippen molar-refractivity contribution in [3.63, 3.8) is 0 Å². The summed E-state index contributed by atoms with van der Waals surface area (Å²) in [7, 11) is 0. The number of nitrogens with zero attached hydrogens (tertiary/aromatic N) is 1. The van der Waals surface area contributed by atoms with E-state index in [1.807, 2.05) is 74.5 Å². The maximum absolute atomic E-state index is 12.8. The Morgan fingerprint density at radius 1 is 0.875 bits per heavy atom. The normalized spacial score (nSPS) is 11.7. The minimum Gasteiger partial charge on any atom is -0.451 e. The van der Waals surface area contributed by atoms with Gasteiger partial charge in [0.05, 0.1) is 25.2 Å². The summed E-state index contributed by atoms with van der Waals surface area (Å²) >= 11 is 0. The topological polar surface area (TPSA) is 130 Å². The summed E-state index contributed by atoms with van der Waals surface area (Å²) in [6.07, 6.45) is 2.18. The first-order valence-electron chi connectivity index (χ1n) is 13.1. The van der Waals surface area contributed by atoms with E-state index in [-0.39, 0.29) is 42.9 Å². The van der Waals surface area contributed by atoms with Crippen LogP contribution in [-0.4, -0.2) is 47.6 Å². The zero-order valence-electron chi connectivity index (χ0n) is 22.5. The van der Waals surface area contributed by atoms with Crippen LogP contribution in [0.4, 0.5) is 0 Å². The third kappa shape index (κ3) is 7.86. The Kier molecular flexibility index (Phi) is 9.40. The van der Waals surface area contributed by atoms with Gasteiger partial charge in [-0.25, -0.2) is 0 Å². The van der Waals surface area contributed by atoms with E-state index in [0.29, 0.717) is 12.0 Å². The van der Waals surface area contributed by atoms with Gasteiger partial charge in [-0.3, -0.25) is 24.2 Å². The number of Topliss-reactive ketones (excluding diaryl/α,β-unsaturated/α-hetero) is 1. The molecule has 3 N–H and O–H groups in total. The summed E-state index contributed by atoms with van der Waals surface area (Å²) in [5, 5.41) is 8.68. The number of ketones is 1. The molecule has 4 aromatic rings. The fraction of sp³-hybridized carbons (Fsp3) is 0.258. The minimum atomic E-state index is -0.852. The van der Waals surface area contributed by atoms with Gasteiger partial charge in [-0.15, -0.1) is 0 Å². The molecule has 0 spiro atoms. The van der Waals surface area contributed by atoms with Crippen molar-refractivity contribution in [1.29, 1.82) is 0 Å². The molecule has 206 valence electrons. The van der Waals surface area contributed by atoms with Crippen LogP contribution in [0.5, 0.6) is 0 Å². The van der Waals surface area contributed by atoms with Crippen molar-refractivity contribution in [2.24, 2.45) is 5.92 Å². The van der Waals surface area contributed by atoms with E-state index >= 15 is 0 Å². The quantitative estimate of drug-likeness (QED) is 0.251. The fourth-order valence-corrected chi connectivity index (χ4v) is 4.22. The number of carbonyl (C=O) groups excluding carboxylic acids is 4. The monoisotopic (exact) mass is 540 g/mol. The summed E-state index contributed by atoms with van der Waals surface area (Å²) < 4.78 is 5.60. The van der Waals surface area contributed by atoms with Crippen molar-refractivity contribution < 1.29 is 23.6 Å². The van der Waals surface area contributed by atoms with Crippen LogP contribution in [0, 0.1) is 5.92 Å². The summed E-state index contributed by atoms with van der Waals surface area (Å²) in [6.45, 7) is 3.36. The lowest BCUT2D eigenvalue weighted by Crippen LogP contribution is -2.49. The second-order valence-corrected chi connectivity index (χ2v) is 9.93. The fourth-order valence-electron chi connectivity index (χ4n) is 4.22. The van der Waals surface area contributed by atoms with E-state index in [1.54, 1.807) is 18.3 Å². The number of carbonyl (C=O) groups is 4. The number of rotatable bonds is 12. The Morgan fingerprint density at radius 2 is 1.65 bits per heavy atom. The molecule has 4 rings (SSSR count). The Labute approximate surface area is 232 Å². The molecule has 9 heteroatoms. The maximum Gasteiger partial charge on any atom is 0.287 e. The van der Waals surface area contributed by atoms with E-state index < -0.39 is 17.9 Å². The second kappa shape index (κ2) is 13.3. The van der Waals surface area contributed by atoms with Gasteiger partial charge in [-0.05, 0) is 48.2 Å². The van der Waals surface area contributed by atoms with Crippen LogP contribution in [0.15, 0.2) is 83.4 Å². The van der Waals surface area contributed by atoms with Gasteiger partial charge in [0.25, 0.3) is 5.91 Å². The third-order valence-electron chi connectivity index (χ3n) is 6.17. The van der Waals surface area contributed by atoms with Crippen molar-refractivity contribution in [2.75, 3.05) is 13.1 Å². The molecule has 0 aliphatic carbocycles. The first-order valence-corrected chi connectivity index (χ1v) is 13.1. The third-order valence-corrected chi connectivity index (χ3v) is 6.17. The molecule has 0 saturated heterocycles. The van der Waals surface area contributed by atoms with Gasteiger partial charge >= 0.3 is 0 Å². The van der Waals surface area contributed by atoms with Gasteiger partial charge in [0.1, 0.15) is 11.6 Å². The van der Waals surface area contributed by atoms with E-state index in [0.717, 1.165) is 22.2 Å². The van der Waals surface area contributed by atoms with Crippen LogP contribution in [0.25, 0.3) is 22.2 Å². The first-order chi connectivity index (χ1) is 19.3. The van der Waals surface area contributed by atoms with Crippen LogP contribution >= 0.6 is 0 Å². The lowest BCUT2D eigenvalue weighted by molar-refractivity contribution is -0.127. The van der Waals surface area contributed by atoms with Crippen LogP contribution in [0.1, 0.15) is 36.4 Å². The van der Waals surface area contributed by atoms with E-state index in [2.05, 4.69) is 20.9 Å². The van der Waals surface area contributed by atoms with Crippen molar-refractivity contribution in [1.82, 2.24) is 20.9 Å². The van der Waals surface area contributed by atoms with Gasteiger partial charge in [-0.2, -0.15) is 0 Å². The Bertz CT molecular complexity index is 1460. The number of furan rings is 1. The largest absolute Gasteiger partial charge is 0.451 e. The van der Waals surface area contributed by atoms with Crippen molar-refractivity contribution in [3.8, 4) is 11.3 Å². The number of nitrogens with one attached hydrogen (secondary N) is 3. The molecule has 0 fully saturated rings. The molecule has 0 aliphatic heterocycles. The van der Waals surface area contributed by atoms with Crippen LogP contribution in [-0.2, 0) is 20.8 Å². The van der Waals surface area contributed by atoms with Crippen molar-refractivity contribution >= 4 is 34.5 Å². The maximum atomic E-state index is 12.8. The lowest BCUT2D eigenvalue weighted by Gasteiger charge is -2.19. The number of amides is 3. The summed E-state index contributed by atoms with van der Waals surface area (Å²) in [4.78, 5) is 54.8. The number of fused-ring (bicyclic) bond motifs is 1. The highest BCUT2D eigenvalue weighted by molar-refractivity contribution is 5.99. The van der Waals surface area contributed by atoms with Crippen molar-refractivity contribution in [3.05, 3.63) is 90.3 Å². The number of para-hydroxylation sites is 1. The second-order valence-electron chi connectivity index (χ2n) is 9.93. The van der Waals surface area contributed by atoms with Gasteiger partial charge in [-0.1, -0.05) is 56.3 Å². The molecule has 0 bridgehead atoms. The SMILES string of the molecule is CC(C)C[C@H](NC(=O)c1cc2ccccc2o1)C(=O)NCC(=O)CNC(=O)Cc1cccc(-c2ccccn2)c1. The highest BCUT2D eigenvalue weighted by atomic mass is 16.3. The molecule has 40 heavy (non-hydrogen) atoms. The smallest absolute Gasteiger partial charge is 0.287 e. The molecule has 2 aromatic heterocycles. The molecule has 2 heterocycles. The zero-order valence-corrected chi connectivity index (χ0v) is 22.5. The Morgan fingerprint density at radius 3 is 2.40 bits per heavy atom. The molecular weight excluding hydrogens is 508 g/mol. The molecule has 0 radical (unpaired) electrons. The number of aromatic nitrogens is 1. The zero-order chi connectivity index (χ0) is 28.5. The molecule has 0 aliphatic rings. The van der Waals surface area contributed by atoms with Gasteiger partial charge < -0.3 is 20.4 Å². The van der Waals surface area contributed by atoms with Gasteiger partial charge in [0.2, 0.25) is 11.8 Å². The average molecular weight is 541 g/mol. The predicted octanol–water partition coefficient (Wildman–Crippen LogP) is 3.68. The summed E-state index contributed by atoms with van der Waals surface area (Å²) in [6, 6.07) is 21.1. The van der Waals surface area contributed by atoms with Crippen LogP contribution in [0.3, 0.4) is 0 Å². The molecule has 0 saturated carbocycles. The minimum absolute atomic E-state index is 0.102. The average Bonchev–Trinajstić information content (AvgIpc) is 3.39. The highest BCUT2D eigenvalue weighted by Crippen LogP contribution is 2.19. The number of hydrogen-bond acceptors (Lipinski definition) is 6. The molecular formula is C31H32N4O5. The number of benzene rings is 2.